The number of para-hydroxylation sites is 1. The molecule has 0 radical (unpaired) electrons. The van der Waals surface area contributed by atoms with E-state index in [1.54, 1.807) is 11.2 Å². The van der Waals surface area contributed by atoms with Crippen LogP contribution in [0.25, 0.3) is 11.0 Å². The van der Waals surface area contributed by atoms with E-state index in [4.69, 9.17) is 4.42 Å². The molecular formula is C21H23N3O4. The average molecular weight is 381 g/mol. The molecule has 3 atom stereocenters. The summed E-state index contributed by atoms with van der Waals surface area (Å²) < 4.78 is 5.75. The van der Waals surface area contributed by atoms with E-state index in [1.807, 2.05) is 24.3 Å². The molecule has 1 unspecified atom stereocenters. The highest BCUT2D eigenvalue weighted by atomic mass is 16.3. The third-order valence-corrected chi connectivity index (χ3v) is 6.22. The fraction of sp³-hybridized carbons (Fsp3) is 0.429. The fourth-order valence-electron chi connectivity index (χ4n) is 5.03. The number of fused-ring (bicyclic) bond motifs is 2. The van der Waals surface area contributed by atoms with Crippen LogP contribution in [-0.4, -0.2) is 47.1 Å². The van der Waals surface area contributed by atoms with Crippen LogP contribution in [0.4, 0.5) is 0 Å². The lowest BCUT2D eigenvalue weighted by atomic mass is 9.87. The first kappa shape index (κ1) is 17.3. The maximum Gasteiger partial charge on any atom is 0.251 e. The minimum Gasteiger partial charge on any atom is -0.464 e. The molecule has 1 fully saturated rings. The second-order valence-corrected chi connectivity index (χ2v) is 7.73. The van der Waals surface area contributed by atoms with Gasteiger partial charge in [-0.25, -0.2) is 0 Å². The number of amides is 2. The number of benzene rings is 1. The first-order chi connectivity index (χ1) is 13.7. The minimum atomic E-state index is -0.590. The number of nitrogens with zero attached hydrogens (tertiary/aromatic N) is 1. The van der Waals surface area contributed by atoms with Crippen LogP contribution in [0.15, 0.2) is 46.2 Å². The van der Waals surface area contributed by atoms with Crippen molar-refractivity contribution in [3.63, 3.8) is 0 Å². The Morgan fingerprint density at radius 2 is 2.11 bits per heavy atom. The number of nitrogens with one attached hydrogen (secondary N) is 2. The maximum absolute atomic E-state index is 13.0. The maximum atomic E-state index is 13.0. The molecule has 1 saturated carbocycles. The van der Waals surface area contributed by atoms with Gasteiger partial charge in [0.2, 0.25) is 5.91 Å². The Kier molecular flexibility index (Phi) is 4.12. The largest absolute Gasteiger partial charge is 0.464 e. The van der Waals surface area contributed by atoms with Crippen molar-refractivity contribution in [1.82, 2.24) is 15.5 Å². The van der Waals surface area contributed by atoms with Gasteiger partial charge in [-0.15, -0.1) is 0 Å². The van der Waals surface area contributed by atoms with Crippen LogP contribution in [0, 0.1) is 0 Å². The molecule has 7 nitrogen and oxygen atoms in total. The van der Waals surface area contributed by atoms with Gasteiger partial charge in [0.05, 0.1) is 30.5 Å². The van der Waals surface area contributed by atoms with Gasteiger partial charge >= 0.3 is 0 Å². The van der Waals surface area contributed by atoms with Gasteiger partial charge in [-0.1, -0.05) is 31.0 Å². The van der Waals surface area contributed by atoms with Crippen LogP contribution in [-0.2, 0) is 9.59 Å². The summed E-state index contributed by atoms with van der Waals surface area (Å²) in [4.78, 5) is 27.6. The summed E-state index contributed by atoms with van der Waals surface area (Å²) in [5, 5.41) is 17.1. The monoisotopic (exact) mass is 381 g/mol. The smallest absolute Gasteiger partial charge is 0.251 e. The number of hydrogen-bond acceptors (Lipinski definition) is 5. The number of aliphatic hydroxyl groups is 1. The lowest BCUT2D eigenvalue weighted by Crippen LogP contribution is -2.54. The molecule has 1 aliphatic carbocycles. The van der Waals surface area contributed by atoms with Gasteiger partial charge < -0.3 is 25.1 Å². The van der Waals surface area contributed by atoms with Crippen molar-refractivity contribution in [2.24, 2.45) is 0 Å². The molecule has 1 aromatic heterocycles. The number of carbonyl (C=O) groups excluding carboxylic acids is 2. The lowest BCUT2D eigenvalue weighted by Gasteiger charge is -2.42. The van der Waals surface area contributed by atoms with E-state index in [2.05, 4.69) is 10.6 Å². The van der Waals surface area contributed by atoms with Crippen molar-refractivity contribution in [3.8, 4) is 0 Å². The number of carbonyl (C=O) groups is 2. The van der Waals surface area contributed by atoms with Crippen molar-refractivity contribution in [2.75, 3.05) is 13.2 Å². The molecule has 5 rings (SSSR count). The Morgan fingerprint density at radius 3 is 2.96 bits per heavy atom. The zero-order valence-corrected chi connectivity index (χ0v) is 15.5. The van der Waals surface area contributed by atoms with Gasteiger partial charge in [0.15, 0.2) is 0 Å². The predicted octanol–water partition coefficient (Wildman–Crippen LogP) is 1.59. The van der Waals surface area contributed by atoms with Gasteiger partial charge in [0, 0.05) is 22.7 Å². The molecule has 0 bridgehead atoms. The Labute approximate surface area is 162 Å². The van der Waals surface area contributed by atoms with Crippen LogP contribution in [0.2, 0.25) is 0 Å². The molecule has 3 aliphatic rings. The van der Waals surface area contributed by atoms with Crippen molar-refractivity contribution in [2.45, 2.75) is 43.8 Å². The zero-order valence-electron chi connectivity index (χ0n) is 15.5. The minimum absolute atomic E-state index is 0.0720. The Hall–Kier alpha value is -2.80. The van der Waals surface area contributed by atoms with Gasteiger partial charge in [0.1, 0.15) is 12.2 Å². The first-order valence-electron chi connectivity index (χ1n) is 9.85. The summed E-state index contributed by atoms with van der Waals surface area (Å²) in [5.41, 5.74) is 2.86. The van der Waals surface area contributed by atoms with Crippen molar-refractivity contribution < 1.29 is 19.1 Å². The van der Waals surface area contributed by atoms with E-state index in [9.17, 15) is 14.7 Å². The predicted molar refractivity (Wildman–Crippen MR) is 102 cm³/mol. The Balaban J connectivity index is 1.75. The average Bonchev–Trinajstić information content (AvgIpc) is 3.30. The molecule has 7 heteroatoms. The summed E-state index contributed by atoms with van der Waals surface area (Å²) in [6.45, 7) is -0.152. The zero-order chi connectivity index (χ0) is 19.3. The van der Waals surface area contributed by atoms with Crippen molar-refractivity contribution >= 4 is 22.8 Å². The molecule has 3 heterocycles. The molecule has 3 N–H and O–H groups in total. The van der Waals surface area contributed by atoms with E-state index in [1.165, 1.54) is 0 Å². The number of aliphatic hydroxyl groups excluding tert-OH is 1. The van der Waals surface area contributed by atoms with Crippen molar-refractivity contribution in [1.29, 1.82) is 0 Å². The first-order valence-corrected chi connectivity index (χ1v) is 9.85. The number of furan rings is 1. The van der Waals surface area contributed by atoms with Crippen LogP contribution < -0.4 is 10.6 Å². The highest BCUT2D eigenvalue weighted by Gasteiger charge is 2.46. The molecule has 0 saturated heterocycles. The fourth-order valence-corrected chi connectivity index (χ4v) is 5.03. The summed E-state index contributed by atoms with van der Waals surface area (Å²) in [6.07, 6.45) is 5.50. The lowest BCUT2D eigenvalue weighted by molar-refractivity contribution is -0.140. The summed E-state index contributed by atoms with van der Waals surface area (Å²) in [6, 6.07) is 7.05. The molecule has 0 spiro atoms. The summed E-state index contributed by atoms with van der Waals surface area (Å²) in [7, 11) is 0. The molecule has 1 aromatic carbocycles. The normalized spacial score (nSPS) is 27.1. The summed E-state index contributed by atoms with van der Waals surface area (Å²) >= 11 is 0. The second-order valence-electron chi connectivity index (χ2n) is 7.73. The standard InChI is InChI=1S/C21H23N3O4/c25-11-17(26)24-16-7-2-1-6-14(16)23-15-10-22-21(27)18(15)19(24)13-5-3-4-12-8-9-28-20(12)13/h3-5,8-9,14,16,19,23,25H,1-2,6-7,10-11H2,(H,22,27)/t14?,16-,19-/m1/s1. The highest BCUT2D eigenvalue weighted by molar-refractivity contribution is 6.00. The third-order valence-electron chi connectivity index (χ3n) is 6.22. The van der Waals surface area contributed by atoms with Crippen LogP contribution in [0.1, 0.15) is 37.3 Å². The van der Waals surface area contributed by atoms with E-state index in [0.29, 0.717) is 17.7 Å². The molecule has 146 valence electrons. The summed E-state index contributed by atoms with van der Waals surface area (Å²) in [5.74, 6) is -0.536. The van der Waals surface area contributed by atoms with Gasteiger partial charge in [-0.2, -0.15) is 0 Å². The van der Waals surface area contributed by atoms with Gasteiger partial charge in [-0.3, -0.25) is 9.59 Å². The van der Waals surface area contributed by atoms with E-state index >= 15 is 0 Å². The van der Waals surface area contributed by atoms with Gasteiger partial charge in [0.25, 0.3) is 5.91 Å². The van der Waals surface area contributed by atoms with E-state index in [0.717, 1.165) is 42.3 Å². The molecule has 2 amide bonds. The van der Waals surface area contributed by atoms with Crippen LogP contribution in [0.5, 0.6) is 0 Å². The third kappa shape index (κ3) is 2.53. The number of rotatable bonds is 2. The Morgan fingerprint density at radius 1 is 1.25 bits per heavy atom. The molecular weight excluding hydrogens is 358 g/mol. The molecule has 2 aromatic rings. The second kappa shape index (κ2) is 6.67. The SMILES string of the molecule is O=C1NCC2=C1[C@@H](c1cccc3ccoc13)N(C(=O)CO)[C@@H]1CCCCC1N2. The van der Waals surface area contributed by atoms with Gasteiger partial charge in [-0.05, 0) is 18.9 Å². The van der Waals surface area contributed by atoms with E-state index < -0.39 is 12.6 Å². The molecule has 28 heavy (non-hydrogen) atoms. The quantitative estimate of drug-likeness (QED) is 0.734. The van der Waals surface area contributed by atoms with E-state index in [-0.39, 0.29) is 23.9 Å². The topological polar surface area (TPSA) is 94.8 Å². The van der Waals surface area contributed by atoms with Crippen LogP contribution in [0.3, 0.4) is 0 Å². The van der Waals surface area contributed by atoms with Crippen LogP contribution >= 0.6 is 0 Å². The molecule has 2 aliphatic heterocycles. The highest BCUT2D eigenvalue weighted by Crippen LogP contribution is 2.42. The number of hydrogen-bond donors (Lipinski definition) is 3. The Bertz CT molecular complexity index is 979. The van der Waals surface area contributed by atoms with Crippen molar-refractivity contribution in [3.05, 3.63) is 47.4 Å².